The van der Waals surface area contributed by atoms with E-state index in [9.17, 15) is 0 Å². The monoisotopic (exact) mass is 276 g/mol. The van der Waals surface area contributed by atoms with Crippen LogP contribution in [-0.4, -0.2) is 14.5 Å². The summed E-state index contributed by atoms with van der Waals surface area (Å²) in [5, 5.41) is 9.08. The van der Waals surface area contributed by atoms with Crippen LogP contribution in [-0.2, 0) is 6.61 Å². The summed E-state index contributed by atoms with van der Waals surface area (Å²) in [6.07, 6.45) is 1.83. The summed E-state index contributed by atoms with van der Waals surface area (Å²) in [7, 11) is 0. The van der Waals surface area contributed by atoms with E-state index in [1.807, 2.05) is 36.5 Å². The van der Waals surface area contributed by atoms with Crippen LogP contribution >= 0.6 is 15.9 Å². The molecule has 0 aliphatic heterocycles. The van der Waals surface area contributed by atoms with Crippen LogP contribution in [0.3, 0.4) is 0 Å². The number of aliphatic hydroxyl groups excluding tert-OH is 1. The SMILES string of the molecule is OCc1ccc2c(c1)ncc1ccc(Br)n12. The Morgan fingerprint density at radius 1 is 1.25 bits per heavy atom. The van der Waals surface area contributed by atoms with Gasteiger partial charge in [-0.1, -0.05) is 6.07 Å². The first-order valence-electron chi connectivity index (χ1n) is 4.95. The third-order valence-corrected chi connectivity index (χ3v) is 3.28. The third-order valence-electron chi connectivity index (χ3n) is 2.66. The lowest BCUT2D eigenvalue weighted by Crippen LogP contribution is -1.92. The number of aliphatic hydroxyl groups is 1. The predicted octanol–water partition coefficient (Wildman–Crippen LogP) is 2.74. The molecule has 3 aromatic rings. The number of halogens is 1. The van der Waals surface area contributed by atoms with E-state index in [4.69, 9.17) is 5.11 Å². The molecule has 1 N–H and O–H groups in total. The van der Waals surface area contributed by atoms with E-state index in [1.165, 1.54) is 0 Å². The Balaban J connectivity index is 2.46. The quantitative estimate of drug-likeness (QED) is 0.742. The highest BCUT2D eigenvalue weighted by Crippen LogP contribution is 2.22. The van der Waals surface area contributed by atoms with Gasteiger partial charge in [0.1, 0.15) is 0 Å². The zero-order valence-electron chi connectivity index (χ0n) is 8.39. The summed E-state index contributed by atoms with van der Waals surface area (Å²) in [4.78, 5) is 4.38. The molecule has 0 aliphatic carbocycles. The van der Waals surface area contributed by atoms with Gasteiger partial charge in [-0.15, -0.1) is 0 Å². The van der Waals surface area contributed by atoms with Gasteiger partial charge in [-0.05, 0) is 45.8 Å². The van der Waals surface area contributed by atoms with Crippen LogP contribution in [0.4, 0.5) is 0 Å². The topological polar surface area (TPSA) is 37.5 Å². The standard InChI is InChI=1S/C12H9BrN2O/c13-12-4-2-9-6-14-10-5-8(7-16)1-3-11(10)15(9)12/h1-6,16H,7H2. The van der Waals surface area contributed by atoms with Crippen LogP contribution in [0, 0.1) is 0 Å². The molecule has 16 heavy (non-hydrogen) atoms. The van der Waals surface area contributed by atoms with Crippen LogP contribution in [0.25, 0.3) is 16.6 Å². The summed E-state index contributed by atoms with van der Waals surface area (Å²) in [6.45, 7) is 0.0442. The van der Waals surface area contributed by atoms with Crippen molar-refractivity contribution < 1.29 is 5.11 Å². The van der Waals surface area contributed by atoms with Crippen molar-refractivity contribution in [3.63, 3.8) is 0 Å². The maximum Gasteiger partial charge on any atom is 0.0898 e. The van der Waals surface area contributed by atoms with Crippen molar-refractivity contribution in [3.05, 3.63) is 46.7 Å². The Hall–Kier alpha value is -1.39. The molecule has 0 saturated heterocycles. The van der Waals surface area contributed by atoms with Gasteiger partial charge in [-0.3, -0.25) is 4.98 Å². The Morgan fingerprint density at radius 3 is 2.94 bits per heavy atom. The minimum atomic E-state index is 0.0442. The van der Waals surface area contributed by atoms with E-state index in [-0.39, 0.29) is 6.61 Å². The zero-order valence-corrected chi connectivity index (χ0v) is 9.98. The first-order chi connectivity index (χ1) is 7.79. The van der Waals surface area contributed by atoms with Gasteiger partial charge in [0.15, 0.2) is 0 Å². The fraction of sp³-hybridized carbons (Fsp3) is 0.0833. The summed E-state index contributed by atoms with van der Waals surface area (Å²) in [6, 6.07) is 9.80. The normalized spacial score (nSPS) is 11.4. The molecule has 0 bridgehead atoms. The van der Waals surface area contributed by atoms with Crippen molar-refractivity contribution in [2.45, 2.75) is 6.61 Å². The molecule has 0 unspecified atom stereocenters. The van der Waals surface area contributed by atoms with Crippen molar-refractivity contribution in [3.8, 4) is 0 Å². The summed E-state index contributed by atoms with van der Waals surface area (Å²) in [5.74, 6) is 0. The van der Waals surface area contributed by atoms with Gasteiger partial charge in [0.25, 0.3) is 0 Å². The van der Waals surface area contributed by atoms with Gasteiger partial charge in [0, 0.05) is 0 Å². The lowest BCUT2D eigenvalue weighted by Gasteiger charge is -2.04. The molecule has 3 nitrogen and oxygen atoms in total. The average molecular weight is 277 g/mol. The third kappa shape index (κ3) is 1.34. The highest BCUT2D eigenvalue weighted by molar-refractivity contribution is 9.10. The second kappa shape index (κ2) is 3.57. The summed E-state index contributed by atoms with van der Waals surface area (Å²) >= 11 is 3.51. The lowest BCUT2D eigenvalue weighted by atomic mass is 10.2. The second-order valence-electron chi connectivity index (χ2n) is 3.66. The molecule has 4 heteroatoms. The second-order valence-corrected chi connectivity index (χ2v) is 4.47. The average Bonchev–Trinajstić information content (AvgIpc) is 2.70. The smallest absolute Gasteiger partial charge is 0.0898 e. The molecule has 0 radical (unpaired) electrons. The molecule has 0 amide bonds. The molecular formula is C12H9BrN2O. The van der Waals surface area contributed by atoms with E-state index >= 15 is 0 Å². The minimum Gasteiger partial charge on any atom is -0.392 e. The number of benzene rings is 1. The van der Waals surface area contributed by atoms with Gasteiger partial charge < -0.3 is 9.51 Å². The van der Waals surface area contributed by atoms with Crippen molar-refractivity contribution in [2.24, 2.45) is 0 Å². The molecule has 2 aromatic heterocycles. The van der Waals surface area contributed by atoms with E-state index in [0.29, 0.717) is 0 Å². The fourth-order valence-electron chi connectivity index (χ4n) is 1.88. The number of hydrogen-bond acceptors (Lipinski definition) is 2. The Kier molecular flexibility index (Phi) is 2.19. The molecule has 0 saturated carbocycles. The fourth-order valence-corrected chi connectivity index (χ4v) is 2.40. The van der Waals surface area contributed by atoms with Gasteiger partial charge in [0.2, 0.25) is 0 Å². The molecule has 2 heterocycles. The Morgan fingerprint density at radius 2 is 2.12 bits per heavy atom. The highest BCUT2D eigenvalue weighted by atomic mass is 79.9. The molecule has 0 spiro atoms. The minimum absolute atomic E-state index is 0.0442. The molecular weight excluding hydrogens is 268 g/mol. The number of aromatic nitrogens is 2. The lowest BCUT2D eigenvalue weighted by molar-refractivity contribution is 0.282. The van der Waals surface area contributed by atoms with Crippen LogP contribution in [0.5, 0.6) is 0 Å². The predicted molar refractivity (Wildman–Crippen MR) is 66.3 cm³/mol. The summed E-state index contributed by atoms with van der Waals surface area (Å²) in [5.41, 5.74) is 3.85. The number of hydrogen-bond donors (Lipinski definition) is 1. The van der Waals surface area contributed by atoms with Crippen molar-refractivity contribution in [1.82, 2.24) is 9.38 Å². The first kappa shape index (κ1) is 9.81. The van der Waals surface area contributed by atoms with Crippen LogP contribution in [0.1, 0.15) is 5.56 Å². The number of fused-ring (bicyclic) bond motifs is 3. The van der Waals surface area contributed by atoms with Gasteiger partial charge in [-0.2, -0.15) is 0 Å². The van der Waals surface area contributed by atoms with Gasteiger partial charge in [-0.25, -0.2) is 0 Å². The van der Waals surface area contributed by atoms with Crippen molar-refractivity contribution >= 4 is 32.5 Å². The van der Waals surface area contributed by atoms with E-state index in [0.717, 1.165) is 26.7 Å². The first-order valence-corrected chi connectivity index (χ1v) is 5.74. The summed E-state index contributed by atoms with van der Waals surface area (Å²) < 4.78 is 3.09. The maximum absolute atomic E-state index is 9.08. The van der Waals surface area contributed by atoms with E-state index in [2.05, 4.69) is 25.3 Å². The van der Waals surface area contributed by atoms with Crippen LogP contribution in [0.2, 0.25) is 0 Å². The van der Waals surface area contributed by atoms with Gasteiger partial charge >= 0.3 is 0 Å². The molecule has 3 rings (SSSR count). The maximum atomic E-state index is 9.08. The molecule has 80 valence electrons. The number of nitrogens with zero attached hydrogens (tertiary/aromatic N) is 2. The van der Waals surface area contributed by atoms with Gasteiger partial charge in [0.05, 0.1) is 34.0 Å². The molecule has 0 aliphatic rings. The van der Waals surface area contributed by atoms with Crippen LogP contribution in [0.15, 0.2) is 41.1 Å². The van der Waals surface area contributed by atoms with E-state index < -0.39 is 0 Å². The Labute approximate surface area is 100 Å². The molecule has 1 aromatic carbocycles. The largest absolute Gasteiger partial charge is 0.392 e. The van der Waals surface area contributed by atoms with Crippen molar-refractivity contribution in [1.29, 1.82) is 0 Å². The molecule has 0 fully saturated rings. The van der Waals surface area contributed by atoms with Crippen LogP contribution < -0.4 is 0 Å². The highest BCUT2D eigenvalue weighted by Gasteiger charge is 2.04. The van der Waals surface area contributed by atoms with E-state index in [1.54, 1.807) is 0 Å². The van der Waals surface area contributed by atoms with Crippen molar-refractivity contribution in [2.75, 3.05) is 0 Å². The number of rotatable bonds is 1. The Bertz CT molecular complexity index is 675. The zero-order chi connectivity index (χ0) is 11.1. The molecule has 0 atom stereocenters.